The van der Waals surface area contributed by atoms with E-state index in [1.54, 1.807) is 6.92 Å². The molecule has 0 radical (unpaired) electrons. The Morgan fingerprint density at radius 1 is 1.62 bits per heavy atom. The third kappa shape index (κ3) is 2.00. The van der Waals surface area contributed by atoms with Crippen molar-refractivity contribution in [2.24, 2.45) is 17.2 Å². The van der Waals surface area contributed by atoms with E-state index < -0.39 is 11.4 Å². The number of carbonyl (C=O) groups is 1. The van der Waals surface area contributed by atoms with E-state index >= 15 is 0 Å². The van der Waals surface area contributed by atoms with E-state index in [1.165, 1.54) is 0 Å². The monoisotopic (exact) mass is 187 g/mol. The number of rotatable bonds is 4. The molecular formula is C9H17NO3. The van der Waals surface area contributed by atoms with Gasteiger partial charge in [0, 0.05) is 0 Å². The molecule has 0 saturated heterocycles. The molecule has 0 bridgehead atoms. The first-order valence-electron chi connectivity index (χ1n) is 4.66. The predicted molar refractivity (Wildman–Crippen MR) is 47.8 cm³/mol. The Hall–Kier alpha value is -0.610. The molecule has 4 heteroatoms. The standard InChI is InChI=1S/C9H17NO3/c1-9(6-13-10,8(11)12)7-4-2-3-5-7/h7H,2-6,10H2,1H3,(H,11,12). The summed E-state index contributed by atoms with van der Waals surface area (Å²) in [7, 11) is 0. The number of carboxylic acid groups (broad SMARTS) is 1. The first kappa shape index (κ1) is 10.5. The van der Waals surface area contributed by atoms with Gasteiger partial charge in [-0.1, -0.05) is 12.8 Å². The van der Waals surface area contributed by atoms with Crippen LogP contribution in [0, 0.1) is 11.3 Å². The summed E-state index contributed by atoms with van der Waals surface area (Å²) in [5.41, 5.74) is -0.800. The first-order chi connectivity index (χ1) is 6.11. The predicted octanol–water partition coefficient (Wildman–Crippen LogP) is 1.16. The van der Waals surface area contributed by atoms with Crippen LogP contribution in [0.1, 0.15) is 32.6 Å². The van der Waals surface area contributed by atoms with Crippen LogP contribution in [-0.2, 0) is 9.63 Å². The number of aliphatic carboxylic acids is 1. The first-order valence-corrected chi connectivity index (χ1v) is 4.66. The molecule has 3 N–H and O–H groups in total. The largest absolute Gasteiger partial charge is 0.481 e. The van der Waals surface area contributed by atoms with Gasteiger partial charge in [0.15, 0.2) is 0 Å². The smallest absolute Gasteiger partial charge is 0.312 e. The third-order valence-electron chi connectivity index (χ3n) is 3.13. The average molecular weight is 187 g/mol. The molecule has 1 aliphatic carbocycles. The van der Waals surface area contributed by atoms with Gasteiger partial charge >= 0.3 is 5.97 Å². The molecule has 1 fully saturated rings. The van der Waals surface area contributed by atoms with Crippen LogP contribution < -0.4 is 5.90 Å². The Bertz CT molecular complexity index is 189. The highest BCUT2D eigenvalue weighted by molar-refractivity contribution is 5.74. The van der Waals surface area contributed by atoms with Crippen LogP contribution >= 0.6 is 0 Å². The fourth-order valence-electron chi connectivity index (χ4n) is 2.09. The molecule has 1 aliphatic rings. The summed E-state index contributed by atoms with van der Waals surface area (Å²) < 4.78 is 0. The Morgan fingerprint density at radius 3 is 2.54 bits per heavy atom. The van der Waals surface area contributed by atoms with Crippen LogP contribution in [0.2, 0.25) is 0 Å². The summed E-state index contributed by atoms with van der Waals surface area (Å²) in [6, 6.07) is 0. The minimum atomic E-state index is -0.801. The van der Waals surface area contributed by atoms with Crippen molar-refractivity contribution in [1.82, 2.24) is 0 Å². The Morgan fingerprint density at radius 2 is 2.15 bits per heavy atom. The maximum absolute atomic E-state index is 11.1. The summed E-state index contributed by atoms with van der Waals surface area (Å²) in [5, 5.41) is 9.09. The number of hydrogen-bond acceptors (Lipinski definition) is 3. The maximum Gasteiger partial charge on any atom is 0.312 e. The topological polar surface area (TPSA) is 72.5 Å². The molecule has 0 aliphatic heterocycles. The quantitative estimate of drug-likeness (QED) is 0.648. The molecule has 1 unspecified atom stereocenters. The zero-order valence-corrected chi connectivity index (χ0v) is 7.95. The lowest BCUT2D eigenvalue weighted by Gasteiger charge is -2.29. The lowest BCUT2D eigenvalue weighted by atomic mass is 9.77. The second-order valence-corrected chi connectivity index (χ2v) is 4.02. The van der Waals surface area contributed by atoms with Gasteiger partial charge in [-0.25, -0.2) is 5.90 Å². The van der Waals surface area contributed by atoms with Gasteiger partial charge < -0.3 is 9.94 Å². The van der Waals surface area contributed by atoms with Crippen molar-refractivity contribution in [2.75, 3.05) is 6.61 Å². The molecule has 0 heterocycles. The molecule has 0 amide bonds. The summed E-state index contributed by atoms with van der Waals surface area (Å²) in [4.78, 5) is 15.6. The van der Waals surface area contributed by atoms with Crippen molar-refractivity contribution in [2.45, 2.75) is 32.6 Å². The normalized spacial score (nSPS) is 22.9. The van der Waals surface area contributed by atoms with Crippen LogP contribution in [0.25, 0.3) is 0 Å². The van der Waals surface area contributed by atoms with Crippen LogP contribution in [0.3, 0.4) is 0 Å². The summed E-state index contributed by atoms with van der Waals surface area (Å²) in [6.07, 6.45) is 4.20. The molecule has 1 saturated carbocycles. The van der Waals surface area contributed by atoms with E-state index in [-0.39, 0.29) is 12.5 Å². The fourth-order valence-corrected chi connectivity index (χ4v) is 2.09. The summed E-state index contributed by atoms with van der Waals surface area (Å²) >= 11 is 0. The molecule has 0 aromatic carbocycles. The van der Waals surface area contributed by atoms with Crippen molar-refractivity contribution >= 4 is 5.97 Å². The number of carboxylic acids is 1. The Balaban J connectivity index is 2.69. The molecule has 76 valence electrons. The van der Waals surface area contributed by atoms with Gasteiger partial charge in [-0.05, 0) is 25.7 Å². The van der Waals surface area contributed by atoms with Gasteiger partial charge in [0.2, 0.25) is 0 Å². The van der Waals surface area contributed by atoms with E-state index in [0.717, 1.165) is 25.7 Å². The van der Waals surface area contributed by atoms with Crippen molar-refractivity contribution in [3.63, 3.8) is 0 Å². The maximum atomic E-state index is 11.1. The fraction of sp³-hybridized carbons (Fsp3) is 0.889. The zero-order valence-electron chi connectivity index (χ0n) is 7.95. The lowest BCUT2D eigenvalue weighted by molar-refractivity contribution is -0.156. The molecule has 13 heavy (non-hydrogen) atoms. The lowest BCUT2D eigenvalue weighted by Crippen LogP contribution is -2.40. The summed E-state index contributed by atoms with van der Waals surface area (Å²) in [5.74, 6) is 4.37. The van der Waals surface area contributed by atoms with Crippen LogP contribution in [-0.4, -0.2) is 17.7 Å². The van der Waals surface area contributed by atoms with Crippen molar-refractivity contribution in [3.05, 3.63) is 0 Å². The average Bonchev–Trinajstić information content (AvgIpc) is 2.56. The molecule has 1 atom stereocenters. The van der Waals surface area contributed by atoms with Gasteiger partial charge in [-0.15, -0.1) is 0 Å². The molecular weight excluding hydrogens is 170 g/mol. The molecule has 0 aromatic rings. The zero-order chi connectivity index (χ0) is 9.90. The second kappa shape index (κ2) is 4.07. The Labute approximate surface area is 78.0 Å². The van der Waals surface area contributed by atoms with E-state index in [0.29, 0.717) is 0 Å². The minimum Gasteiger partial charge on any atom is -0.481 e. The van der Waals surface area contributed by atoms with Gasteiger partial charge in [0.25, 0.3) is 0 Å². The van der Waals surface area contributed by atoms with E-state index in [4.69, 9.17) is 11.0 Å². The Kier molecular flexibility index (Phi) is 3.27. The van der Waals surface area contributed by atoms with Crippen LogP contribution in [0.5, 0.6) is 0 Å². The van der Waals surface area contributed by atoms with Crippen molar-refractivity contribution < 1.29 is 14.7 Å². The number of nitrogens with two attached hydrogens (primary N) is 1. The molecule has 0 aromatic heterocycles. The molecule has 4 nitrogen and oxygen atoms in total. The highest BCUT2D eigenvalue weighted by Gasteiger charge is 2.42. The highest BCUT2D eigenvalue weighted by atomic mass is 16.6. The van der Waals surface area contributed by atoms with Crippen molar-refractivity contribution in [1.29, 1.82) is 0 Å². The van der Waals surface area contributed by atoms with Gasteiger partial charge in [-0.3, -0.25) is 4.79 Å². The second-order valence-electron chi connectivity index (χ2n) is 4.02. The van der Waals surface area contributed by atoms with E-state index in [9.17, 15) is 4.79 Å². The minimum absolute atomic E-state index is 0.104. The van der Waals surface area contributed by atoms with Gasteiger partial charge in [0.05, 0.1) is 12.0 Å². The van der Waals surface area contributed by atoms with Gasteiger partial charge in [0.1, 0.15) is 0 Å². The van der Waals surface area contributed by atoms with Crippen LogP contribution in [0.4, 0.5) is 0 Å². The van der Waals surface area contributed by atoms with Crippen molar-refractivity contribution in [3.8, 4) is 0 Å². The van der Waals surface area contributed by atoms with Gasteiger partial charge in [-0.2, -0.15) is 0 Å². The molecule has 1 rings (SSSR count). The van der Waals surface area contributed by atoms with Crippen LogP contribution in [0.15, 0.2) is 0 Å². The SMILES string of the molecule is CC(CON)(C(=O)O)C1CCCC1. The third-order valence-corrected chi connectivity index (χ3v) is 3.13. The molecule has 0 spiro atoms. The van der Waals surface area contributed by atoms with E-state index in [1.807, 2.05) is 0 Å². The number of hydrogen-bond donors (Lipinski definition) is 2. The van der Waals surface area contributed by atoms with E-state index in [2.05, 4.69) is 4.84 Å². The summed E-state index contributed by atoms with van der Waals surface area (Å²) in [6.45, 7) is 1.82. The highest BCUT2D eigenvalue weighted by Crippen LogP contribution is 2.40.